The number of ether oxygens (including phenoxy) is 2. The lowest BCUT2D eigenvalue weighted by atomic mass is 10.1. The van der Waals surface area contributed by atoms with Crippen LogP contribution in [0.5, 0.6) is 11.5 Å². The molecule has 0 aromatic heterocycles. The van der Waals surface area contributed by atoms with Gasteiger partial charge in [0.05, 0.1) is 24.3 Å². The summed E-state index contributed by atoms with van der Waals surface area (Å²) in [4.78, 5) is 12.0. The molecule has 0 atom stereocenters. The number of aryl methyl sites for hydroxylation is 1. The first kappa shape index (κ1) is 17.4. The Labute approximate surface area is 145 Å². The summed E-state index contributed by atoms with van der Waals surface area (Å²) in [6.45, 7) is 0. The Morgan fingerprint density at radius 1 is 1.00 bits per heavy atom. The van der Waals surface area contributed by atoms with E-state index in [9.17, 15) is 4.79 Å². The molecule has 0 fully saturated rings. The van der Waals surface area contributed by atoms with Gasteiger partial charge in [-0.05, 0) is 42.3 Å². The smallest absolute Gasteiger partial charge is 0.224 e. The second-order valence-corrected chi connectivity index (χ2v) is 5.68. The van der Waals surface area contributed by atoms with E-state index in [1.54, 1.807) is 32.4 Å². The van der Waals surface area contributed by atoms with Crippen molar-refractivity contribution < 1.29 is 14.3 Å². The van der Waals surface area contributed by atoms with Crippen molar-refractivity contribution in [1.82, 2.24) is 0 Å². The Morgan fingerprint density at radius 2 is 1.74 bits per heavy atom. The van der Waals surface area contributed by atoms with Gasteiger partial charge in [-0.25, -0.2) is 0 Å². The average Bonchev–Trinajstić information content (AvgIpc) is 2.56. The number of benzene rings is 2. The molecule has 1 amide bonds. The van der Waals surface area contributed by atoms with Crippen LogP contribution in [0.15, 0.2) is 36.4 Å². The first-order valence-corrected chi connectivity index (χ1v) is 7.75. The highest BCUT2D eigenvalue weighted by molar-refractivity contribution is 6.42. The Morgan fingerprint density at radius 3 is 2.39 bits per heavy atom. The van der Waals surface area contributed by atoms with Gasteiger partial charge >= 0.3 is 0 Å². The number of halogens is 2. The summed E-state index contributed by atoms with van der Waals surface area (Å²) in [5.41, 5.74) is 1.61. The molecule has 0 aliphatic heterocycles. The third kappa shape index (κ3) is 4.78. The van der Waals surface area contributed by atoms with Crippen molar-refractivity contribution >= 4 is 34.8 Å². The summed E-state index contributed by atoms with van der Waals surface area (Å²) in [5, 5.41) is 3.65. The number of carbonyl (C=O) groups excluding carboxylic acids is 1. The summed E-state index contributed by atoms with van der Waals surface area (Å²) >= 11 is 11.8. The van der Waals surface area contributed by atoms with Gasteiger partial charge in [0.25, 0.3) is 0 Å². The molecule has 122 valence electrons. The summed E-state index contributed by atoms with van der Waals surface area (Å²) in [6, 6.07) is 10.6. The van der Waals surface area contributed by atoms with Crippen molar-refractivity contribution in [2.75, 3.05) is 19.5 Å². The molecule has 0 aliphatic carbocycles. The van der Waals surface area contributed by atoms with Crippen LogP contribution in [0, 0.1) is 0 Å². The van der Waals surface area contributed by atoms with Crippen molar-refractivity contribution in [3.8, 4) is 11.5 Å². The molecule has 0 aliphatic rings. The molecule has 4 nitrogen and oxygen atoms in total. The van der Waals surface area contributed by atoms with Gasteiger partial charge in [0.2, 0.25) is 5.91 Å². The largest absolute Gasteiger partial charge is 0.493 e. The minimum absolute atomic E-state index is 0.0989. The van der Waals surface area contributed by atoms with Crippen molar-refractivity contribution in [2.24, 2.45) is 0 Å². The van der Waals surface area contributed by atoms with Gasteiger partial charge in [0.1, 0.15) is 0 Å². The zero-order valence-corrected chi connectivity index (χ0v) is 14.4. The molecule has 0 unspecified atom stereocenters. The number of carbonyl (C=O) groups is 1. The molecule has 0 radical (unpaired) electrons. The average molecular weight is 354 g/mol. The monoisotopic (exact) mass is 353 g/mol. The molecule has 0 bridgehead atoms. The van der Waals surface area contributed by atoms with E-state index in [1.807, 2.05) is 18.2 Å². The highest BCUT2D eigenvalue weighted by Crippen LogP contribution is 2.28. The van der Waals surface area contributed by atoms with Crippen molar-refractivity contribution in [3.63, 3.8) is 0 Å². The number of hydrogen-bond acceptors (Lipinski definition) is 3. The zero-order chi connectivity index (χ0) is 16.8. The van der Waals surface area contributed by atoms with Crippen LogP contribution in [-0.2, 0) is 11.2 Å². The van der Waals surface area contributed by atoms with E-state index in [1.165, 1.54) is 0 Å². The van der Waals surface area contributed by atoms with Gasteiger partial charge in [-0.2, -0.15) is 0 Å². The van der Waals surface area contributed by atoms with Crippen molar-refractivity contribution in [1.29, 1.82) is 0 Å². The van der Waals surface area contributed by atoms with Crippen molar-refractivity contribution in [3.05, 3.63) is 52.0 Å². The maximum Gasteiger partial charge on any atom is 0.224 e. The number of anilines is 1. The highest BCUT2D eigenvalue weighted by atomic mass is 35.5. The van der Waals surface area contributed by atoms with E-state index in [0.717, 1.165) is 5.56 Å². The number of methoxy groups -OCH3 is 2. The number of rotatable bonds is 6. The molecular weight excluding hydrogens is 337 g/mol. The first-order chi connectivity index (χ1) is 11.0. The van der Waals surface area contributed by atoms with Crippen LogP contribution in [0.2, 0.25) is 10.0 Å². The lowest BCUT2D eigenvalue weighted by Crippen LogP contribution is -2.12. The second kappa shape index (κ2) is 8.09. The van der Waals surface area contributed by atoms with Gasteiger partial charge in [-0.3, -0.25) is 4.79 Å². The topological polar surface area (TPSA) is 47.6 Å². The number of hydrogen-bond donors (Lipinski definition) is 1. The van der Waals surface area contributed by atoms with Crippen LogP contribution in [0.25, 0.3) is 0 Å². The Balaban J connectivity index is 1.95. The van der Waals surface area contributed by atoms with Gasteiger partial charge in [0, 0.05) is 12.1 Å². The van der Waals surface area contributed by atoms with E-state index in [2.05, 4.69) is 5.32 Å². The quantitative estimate of drug-likeness (QED) is 0.826. The van der Waals surface area contributed by atoms with Crippen LogP contribution >= 0.6 is 23.2 Å². The fourth-order valence-electron chi connectivity index (χ4n) is 2.09. The Bertz CT molecular complexity index is 704. The Kier molecular flexibility index (Phi) is 6.13. The summed E-state index contributed by atoms with van der Waals surface area (Å²) in [5.74, 6) is 1.21. The molecule has 2 aromatic carbocycles. The van der Waals surface area contributed by atoms with Crippen LogP contribution in [-0.4, -0.2) is 20.1 Å². The fraction of sp³-hybridized carbons (Fsp3) is 0.235. The van der Waals surface area contributed by atoms with Crippen LogP contribution in [0.4, 0.5) is 5.69 Å². The van der Waals surface area contributed by atoms with E-state index in [4.69, 9.17) is 32.7 Å². The molecule has 2 aromatic rings. The minimum Gasteiger partial charge on any atom is -0.493 e. The molecular formula is C17H17Cl2NO3. The highest BCUT2D eigenvalue weighted by Gasteiger charge is 2.08. The summed E-state index contributed by atoms with van der Waals surface area (Å²) in [6.07, 6.45) is 0.934. The predicted octanol–water partition coefficient (Wildman–Crippen LogP) is 4.58. The van der Waals surface area contributed by atoms with Crippen LogP contribution in [0.1, 0.15) is 12.0 Å². The van der Waals surface area contributed by atoms with Crippen LogP contribution < -0.4 is 14.8 Å². The summed E-state index contributed by atoms with van der Waals surface area (Å²) in [7, 11) is 3.17. The van der Waals surface area contributed by atoms with Crippen LogP contribution in [0.3, 0.4) is 0 Å². The van der Waals surface area contributed by atoms with Gasteiger partial charge < -0.3 is 14.8 Å². The third-order valence-corrected chi connectivity index (χ3v) is 4.03. The fourth-order valence-corrected chi connectivity index (χ4v) is 2.39. The second-order valence-electron chi connectivity index (χ2n) is 4.87. The molecule has 0 saturated carbocycles. The predicted molar refractivity (Wildman–Crippen MR) is 93.0 cm³/mol. The lowest BCUT2D eigenvalue weighted by Gasteiger charge is -2.10. The van der Waals surface area contributed by atoms with E-state index in [0.29, 0.717) is 40.1 Å². The molecule has 23 heavy (non-hydrogen) atoms. The van der Waals surface area contributed by atoms with Gasteiger partial charge in [-0.1, -0.05) is 29.3 Å². The molecule has 0 saturated heterocycles. The minimum atomic E-state index is -0.0989. The van der Waals surface area contributed by atoms with Gasteiger partial charge in [0.15, 0.2) is 11.5 Å². The lowest BCUT2D eigenvalue weighted by molar-refractivity contribution is -0.116. The third-order valence-electron chi connectivity index (χ3n) is 3.29. The first-order valence-electron chi connectivity index (χ1n) is 6.99. The van der Waals surface area contributed by atoms with E-state index < -0.39 is 0 Å². The van der Waals surface area contributed by atoms with E-state index >= 15 is 0 Å². The molecule has 1 N–H and O–H groups in total. The zero-order valence-electron chi connectivity index (χ0n) is 12.9. The Hall–Kier alpha value is -1.91. The molecule has 0 spiro atoms. The normalized spacial score (nSPS) is 10.3. The standard InChI is InChI=1S/C17H17Cl2NO3/c1-22-15-7-3-11(9-16(15)23-2)4-8-17(21)20-12-5-6-13(18)14(19)10-12/h3,5-7,9-10H,4,8H2,1-2H3,(H,20,21). The number of amides is 1. The maximum atomic E-state index is 12.0. The molecule has 6 heteroatoms. The maximum absolute atomic E-state index is 12.0. The summed E-state index contributed by atoms with van der Waals surface area (Å²) < 4.78 is 10.4. The molecule has 2 rings (SSSR count). The number of nitrogens with one attached hydrogen (secondary N) is 1. The van der Waals surface area contributed by atoms with Crippen molar-refractivity contribution in [2.45, 2.75) is 12.8 Å². The SMILES string of the molecule is COc1ccc(CCC(=O)Nc2ccc(Cl)c(Cl)c2)cc1OC. The molecule has 0 heterocycles. The van der Waals surface area contributed by atoms with E-state index in [-0.39, 0.29) is 5.91 Å². The van der Waals surface area contributed by atoms with Gasteiger partial charge in [-0.15, -0.1) is 0 Å².